The van der Waals surface area contributed by atoms with Crippen molar-refractivity contribution in [1.29, 1.82) is 0 Å². The monoisotopic (exact) mass is 312 g/mol. The molecule has 0 atom stereocenters. The van der Waals surface area contributed by atoms with Crippen LogP contribution in [0, 0.1) is 6.92 Å². The average molecular weight is 313 g/mol. The SMILES string of the molecule is COCCn1ncc(Br)c1C(=O)c1occc1C. The van der Waals surface area contributed by atoms with Gasteiger partial charge in [0.25, 0.3) is 0 Å². The lowest BCUT2D eigenvalue weighted by Gasteiger charge is -2.06. The Labute approximate surface area is 113 Å². The van der Waals surface area contributed by atoms with Crippen molar-refractivity contribution < 1.29 is 13.9 Å². The number of rotatable bonds is 5. The highest BCUT2D eigenvalue weighted by atomic mass is 79.9. The standard InChI is InChI=1S/C12H13BrN2O3/c1-8-3-5-18-12(8)11(16)10-9(13)7-14-15(10)4-6-17-2/h3,5,7H,4,6H2,1-2H3. The van der Waals surface area contributed by atoms with Crippen LogP contribution in [0.3, 0.4) is 0 Å². The Bertz CT molecular complexity index is 559. The first kappa shape index (κ1) is 13.0. The van der Waals surface area contributed by atoms with Crippen molar-refractivity contribution in [3.05, 3.63) is 40.0 Å². The molecule has 2 rings (SSSR count). The van der Waals surface area contributed by atoms with E-state index in [4.69, 9.17) is 9.15 Å². The number of ketones is 1. The van der Waals surface area contributed by atoms with Crippen molar-refractivity contribution in [1.82, 2.24) is 9.78 Å². The number of ether oxygens (including phenoxy) is 1. The fourth-order valence-electron chi connectivity index (χ4n) is 1.65. The first-order chi connectivity index (χ1) is 8.65. The Hall–Kier alpha value is -1.40. The molecule has 0 bridgehead atoms. The molecule has 0 saturated heterocycles. The summed E-state index contributed by atoms with van der Waals surface area (Å²) in [5.41, 5.74) is 1.29. The molecule has 6 heteroatoms. The minimum Gasteiger partial charge on any atom is -0.461 e. The highest BCUT2D eigenvalue weighted by Gasteiger charge is 2.22. The van der Waals surface area contributed by atoms with E-state index in [1.165, 1.54) is 6.26 Å². The summed E-state index contributed by atoms with van der Waals surface area (Å²) in [5.74, 6) is 0.160. The highest BCUT2D eigenvalue weighted by Crippen LogP contribution is 2.22. The molecule has 0 aliphatic rings. The molecular formula is C12H13BrN2O3. The van der Waals surface area contributed by atoms with Crippen LogP contribution in [0.4, 0.5) is 0 Å². The topological polar surface area (TPSA) is 57.3 Å². The van der Waals surface area contributed by atoms with Crippen molar-refractivity contribution >= 4 is 21.7 Å². The van der Waals surface area contributed by atoms with E-state index in [9.17, 15) is 4.79 Å². The zero-order chi connectivity index (χ0) is 13.1. The van der Waals surface area contributed by atoms with Gasteiger partial charge in [-0.25, -0.2) is 0 Å². The van der Waals surface area contributed by atoms with Crippen LogP contribution in [-0.2, 0) is 11.3 Å². The molecule has 0 N–H and O–H groups in total. The van der Waals surface area contributed by atoms with Crippen LogP contribution in [-0.4, -0.2) is 29.3 Å². The maximum absolute atomic E-state index is 12.4. The minimum absolute atomic E-state index is 0.182. The van der Waals surface area contributed by atoms with E-state index in [0.717, 1.165) is 5.56 Å². The van der Waals surface area contributed by atoms with Crippen molar-refractivity contribution in [3.8, 4) is 0 Å². The van der Waals surface area contributed by atoms with E-state index in [2.05, 4.69) is 21.0 Å². The molecule has 2 heterocycles. The number of carbonyl (C=O) groups is 1. The summed E-state index contributed by atoms with van der Waals surface area (Å²) in [7, 11) is 1.61. The molecular weight excluding hydrogens is 300 g/mol. The zero-order valence-electron chi connectivity index (χ0n) is 10.1. The van der Waals surface area contributed by atoms with Crippen LogP contribution >= 0.6 is 15.9 Å². The van der Waals surface area contributed by atoms with E-state index in [-0.39, 0.29) is 5.78 Å². The van der Waals surface area contributed by atoms with Gasteiger partial charge in [-0.05, 0) is 34.5 Å². The second-order valence-corrected chi connectivity index (χ2v) is 4.67. The van der Waals surface area contributed by atoms with E-state index in [0.29, 0.717) is 29.1 Å². The summed E-state index contributed by atoms with van der Waals surface area (Å²) in [4.78, 5) is 12.4. The molecule has 2 aromatic rings. The van der Waals surface area contributed by atoms with Gasteiger partial charge in [-0.1, -0.05) is 0 Å². The van der Waals surface area contributed by atoms with Gasteiger partial charge in [-0.3, -0.25) is 9.48 Å². The minimum atomic E-state index is -0.182. The number of carbonyl (C=O) groups excluding carboxylic acids is 1. The maximum Gasteiger partial charge on any atom is 0.247 e. The van der Waals surface area contributed by atoms with Gasteiger partial charge in [0, 0.05) is 7.11 Å². The van der Waals surface area contributed by atoms with Crippen LogP contribution in [0.2, 0.25) is 0 Å². The number of methoxy groups -OCH3 is 1. The quantitative estimate of drug-likeness (QED) is 0.796. The van der Waals surface area contributed by atoms with Gasteiger partial charge in [0.05, 0.1) is 30.1 Å². The van der Waals surface area contributed by atoms with Gasteiger partial charge < -0.3 is 9.15 Å². The second kappa shape index (κ2) is 5.49. The summed E-state index contributed by atoms with van der Waals surface area (Å²) in [5, 5.41) is 4.14. The number of furan rings is 1. The Kier molecular flexibility index (Phi) is 3.98. The van der Waals surface area contributed by atoms with Crippen LogP contribution in [0.5, 0.6) is 0 Å². The summed E-state index contributed by atoms with van der Waals surface area (Å²) in [6, 6.07) is 1.76. The average Bonchev–Trinajstić information content (AvgIpc) is 2.92. The molecule has 0 radical (unpaired) electrons. The van der Waals surface area contributed by atoms with Gasteiger partial charge >= 0.3 is 0 Å². The molecule has 0 aliphatic carbocycles. The van der Waals surface area contributed by atoms with Crippen molar-refractivity contribution in [2.45, 2.75) is 13.5 Å². The third-order valence-corrected chi connectivity index (χ3v) is 3.17. The van der Waals surface area contributed by atoms with E-state index >= 15 is 0 Å². The van der Waals surface area contributed by atoms with Gasteiger partial charge in [0.1, 0.15) is 5.69 Å². The summed E-state index contributed by atoms with van der Waals surface area (Å²) in [6.45, 7) is 2.84. The normalized spacial score (nSPS) is 10.8. The first-order valence-corrected chi connectivity index (χ1v) is 6.23. The predicted molar refractivity (Wildman–Crippen MR) is 68.7 cm³/mol. The van der Waals surface area contributed by atoms with E-state index in [1.54, 1.807) is 24.1 Å². The third-order valence-electron chi connectivity index (χ3n) is 2.59. The fraction of sp³-hybridized carbons (Fsp3) is 0.333. The molecule has 0 unspecified atom stereocenters. The predicted octanol–water partition coefficient (Wildman–Crippen LogP) is 2.42. The molecule has 18 heavy (non-hydrogen) atoms. The summed E-state index contributed by atoms with van der Waals surface area (Å²) >= 11 is 3.33. The smallest absolute Gasteiger partial charge is 0.247 e. The van der Waals surface area contributed by atoms with Crippen molar-refractivity contribution in [2.24, 2.45) is 0 Å². The Morgan fingerprint density at radius 3 is 3.00 bits per heavy atom. The van der Waals surface area contributed by atoms with E-state index < -0.39 is 0 Å². The lowest BCUT2D eigenvalue weighted by Crippen LogP contribution is -2.15. The molecule has 5 nitrogen and oxygen atoms in total. The molecule has 0 aliphatic heterocycles. The lowest BCUT2D eigenvalue weighted by atomic mass is 10.1. The maximum atomic E-state index is 12.4. The molecule has 0 saturated carbocycles. The number of halogens is 1. The van der Waals surface area contributed by atoms with Crippen LogP contribution in [0.1, 0.15) is 21.8 Å². The van der Waals surface area contributed by atoms with Crippen LogP contribution in [0.25, 0.3) is 0 Å². The molecule has 96 valence electrons. The molecule has 2 aromatic heterocycles. The third kappa shape index (κ3) is 2.39. The lowest BCUT2D eigenvalue weighted by molar-refractivity contribution is 0.0993. The fourth-order valence-corrected chi connectivity index (χ4v) is 2.12. The second-order valence-electron chi connectivity index (χ2n) is 3.82. The number of aromatic nitrogens is 2. The molecule has 0 aromatic carbocycles. The molecule has 0 amide bonds. The van der Waals surface area contributed by atoms with Gasteiger partial charge in [-0.15, -0.1) is 0 Å². The number of hydrogen-bond acceptors (Lipinski definition) is 4. The van der Waals surface area contributed by atoms with Crippen molar-refractivity contribution in [3.63, 3.8) is 0 Å². The van der Waals surface area contributed by atoms with Crippen LogP contribution in [0.15, 0.2) is 27.4 Å². The van der Waals surface area contributed by atoms with Gasteiger partial charge in [0.15, 0.2) is 5.76 Å². The number of hydrogen-bond donors (Lipinski definition) is 0. The number of aryl methyl sites for hydroxylation is 1. The first-order valence-electron chi connectivity index (χ1n) is 5.44. The Morgan fingerprint density at radius 2 is 2.39 bits per heavy atom. The number of nitrogens with zero attached hydrogens (tertiary/aromatic N) is 2. The molecule has 0 spiro atoms. The highest BCUT2D eigenvalue weighted by molar-refractivity contribution is 9.10. The molecule has 0 fully saturated rings. The van der Waals surface area contributed by atoms with Gasteiger partial charge in [0.2, 0.25) is 5.78 Å². The summed E-state index contributed by atoms with van der Waals surface area (Å²) < 4.78 is 12.5. The zero-order valence-corrected chi connectivity index (χ0v) is 11.7. The van der Waals surface area contributed by atoms with Crippen LogP contribution < -0.4 is 0 Å². The largest absolute Gasteiger partial charge is 0.461 e. The summed E-state index contributed by atoms with van der Waals surface area (Å²) in [6.07, 6.45) is 3.10. The van der Waals surface area contributed by atoms with Crippen molar-refractivity contribution in [2.75, 3.05) is 13.7 Å². The Balaban J connectivity index is 2.35. The van der Waals surface area contributed by atoms with Gasteiger partial charge in [-0.2, -0.15) is 5.10 Å². The van der Waals surface area contributed by atoms with E-state index in [1.807, 2.05) is 6.92 Å². The Morgan fingerprint density at radius 1 is 1.61 bits per heavy atom.